The van der Waals surface area contributed by atoms with Crippen LogP contribution in [0.5, 0.6) is 5.75 Å². The van der Waals surface area contributed by atoms with Crippen molar-refractivity contribution in [3.05, 3.63) is 82.0 Å². The first kappa shape index (κ1) is 21.0. The summed E-state index contributed by atoms with van der Waals surface area (Å²) in [6.07, 6.45) is -5.02. The van der Waals surface area contributed by atoms with Gasteiger partial charge in [0, 0.05) is 11.6 Å². The van der Waals surface area contributed by atoms with Crippen LogP contribution in [0.3, 0.4) is 0 Å². The van der Waals surface area contributed by atoms with E-state index >= 15 is 0 Å². The van der Waals surface area contributed by atoms with Crippen molar-refractivity contribution in [1.29, 1.82) is 0 Å². The molecule has 1 amide bonds. The molecule has 0 radical (unpaired) electrons. The summed E-state index contributed by atoms with van der Waals surface area (Å²) in [6.45, 7) is 1.50. The minimum Gasteiger partial charge on any atom is -0.403 e. The molecule has 0 saturated carbocycles. The minimum atomic E-state index is -5.02. The Labute approximate surface area is 167 Å². The Morgan fingerprint density at radius 2 is 1.83 bits per heavy atom. The molecule has 0 bridgehead atoms. The third kappa shape index (κ3) is 5.22. The molecule has 2 N–H and O–H groups in total. The summed E-state index contributed by atoms with van der Waals surface area (Å²) < 4.78 is 54.2. The predicted molar refractivity (Wildman–Crippen MR) is 99.3 cm³/mol. The third-order valence-electron chi connectivity index (χ3n) is 4.05. The van der Waals surface area contributed by atoms with Gasteiger partial charge < -0.3 is 15.0 Å². The molecular weight excluding hydrogens is 406 g/mol. The van der Waals surface area contributed by atoms with Crippen molar-refractivity contribution in [2.45, 2.75) is 19.3 Å². The van der Waals surface area contributed by atoms with Crippen molar-refractivity contribution >= 4 is 5.91 Å². The van der Waals surface area contributed by atoms with Gasteiger partial charge in [-0.2, -0.15) is 0 Å². The zero-order valence-electron chi connectivity index (χ0n) is 15.5. The highest BCUT2D eigenvalue weighted by molar-refractivity contribution is 5.92. The predicted octanol–water partition coefficient (Wildman–Crippen LogP) is 3.97. The van der Waals surface area contributed by atoms with Gasteiger partial charge in [-0.3, -0.25) is 9.59 Å². The Bertz CT molecular complexity index is 1110. The average Bonchev–Trinajstić information content (AvgIpc) is 2.68. The molecule has 0 aliphatic carbocycles. The van der Waals surface area contributed by atoms with Crippen LogP contribution in [0.1, 0.15) is 29.0 Å². The van der Waals surface area contributed by atoms with E-state index in [4.69, 9.17) is 0 Å². The number of hydrogen-bond acceptors (Lipinski definition) is 4. The molecule has 6 nitrogen and oxygen atoms in total. The third-order valence-corrected chi connectivity index (χ3v) is 4.05. The SMILES string of the molecule is C[C@@H](NC(=O)c1cc(=O)[nH]c(-c2ccccc2)n1)c1ccc(OC(F)(F)F)c(F)c1. The zero-order valence-corrected chi connectivity index (χ0v) is 15.5. The second kappa shape index (κ2) is 8.36. The van der Waals surface area contributed by atoms with Gasteiger partial charge in [0.2, 0.25) is 0 Å². The topological polar surface area (TPSA) is 84.1 Å². The summed E-state index contributed by atoms with van der Waals surface area (Å²) in [5.74, 6) is -2.72. The fourth-order valence-electron chi connectivity index (χ4n) is 2.65. The van der Waals surface area contributed by atoms with Crippen LogP contribution >= 0.6 is 0 Å². The second-order valence-electron chi connectivity index (χ2n) is 6.28. The Hall–Kier alpha value is -3.69. The number of aromatic amines is 1. The van der Waals surface area contributed by atoms with Gasteiger partial charge in [-0.05, 0) is 24.6 Å². The summed E-state index contributed by atoms with van der Waals surface area (Å²) in [5, 5.41) is 2.53. The number of carbonyl (C=O) groups excluding carboxylic acids is 1. The number of rotatable bonds is 5. The van der Waals surface area contributed by atoms with Crippen LogP contribution in [0.2, 0.25) is 0 Å². The number of carbonyl (C=O) groups is 1. The van der Waals surface area contributed by atoms with Gasteiger partial charge in [-0.25, -0.2) is 9.37 Å². The normalized spacial score (nSPS) is 12.3. The number of amides is 1. The highest BCUT2D eigenvalue weighted by Gasteiger charge is 2.32. The molecule has 1 atom stereocenters. The number of benzene rings is 2. The van der Waals surface area contributed by atoms with Crippen LogP contribution in [0.4, 0.5) is 17.6 Å². The molecule has 10 heteroatoms. The summed E-state index contributed by atoms with van der Waals surface area (Å²) in [7, 11) is 0. The molecule has 0 spiro atoms. The quantitative estimate of drug-likeness (QED) is 0.611. The smallest absolute Gasteiger partial charge is 0.403 e. The maximum absolute atomic E-state index is 13.9. The molecule has 3 rings (SSSR count). The first-order valence-electron chi connectivity index (χ1n) is 8.65. The first-order chi connectivity index (χ1) is 14.1. The van der Waals surface area contributed by atoms with Crippen molar-refractivity contribution in [2.24, 2.45) is 0 Å². The number of H-pyrrole nitrogens is 1. The van der Waals surface area contributed by atoms with E-state index in [1.54, 1.807) is 30.3 Å². The Morgan fingerprint density at radius 3 is 2.47 bits per heavy atom. The number of alkyl halides is 3. The molecule has 0 aliphatic heterocycles. The van der Waals surface area contributed by atoms with Crippen LogP contribution in [0.25, 0.3) is 11.4 Å². The number of ether oxygens (including phenoxy) is 1. The van der Waals surface area contributed by atoms with Gasteiger partial charge in [0.05, 0.1) is 6.04 Å². The standard InChI is InChI=1S/C20H15F4N3O3/c1-11(13-7-8-16(14(21)9-13)30-20(22,23)24)25-19(29)15-10-17(28)27-18(26-15)12-5-3-2-4-6-12/h2-11H,1H3,(H,25,29)(H,26,27,28)/t11-/m1/s1. The van der Waals surface area contributed by atoms with E-state index in [9.17, 15) is 27.2 Å². The maximum Gasteiger partial charge on any atom is 0.573 e. The van der Waals surface area contributed by atoms with Crippen molar-refractivity contribution in [2.75, 3.05) is 0 Å². The lowest BCUT2D eigenvalue weighted by atomic mass is 10.1. The molecular formula is C20H15F4N3O3. The molecule has 2 aromatic carbocycles. The average molecular weight is 421 g/mol. The Kier molecular flexibility index (Phi) is 5.86. The van der Waals surface area contributed by atoms with Crippen LogP contribution in [-0.4, -0.2) is 22.2 Å². The Balaban J connectivity index is 1.78. The highest BCUT2D eigenvalue weighted by atomic mass is 19.4. The maximum atomic E-state index is 13.9. The molecule has 1 aromatic heterocycles. The molecule has 0 saturated heterocycles. The summed E-state index contributed by atoms with van der Waals surface area (Å²) in [4.78, 5) is 31.1. The molecule has 3 aromatic rings. The van der Waals surface area contributed by atoms with Gasteiger partial charge in [0.15, 0.2) is 11.6 Å². The summed E-state index contributed by atoms with van der Waals surface area (Å²) in [6, 6.07) is 11.7. The zero-order chi connectivity index (χ0) is 21.9. The number of nitrogens with one attached hydrogen (secondary N) is 2. The molecule has 0 aliphatic rings. The van der Waals surface area contributed by atoms with Crippen LogP contribution in [0.15, 0.2) is 59.4 Å². The Morgan fingerprint density at radius 1 is 1.13 bits per heavy atom. The van der Waals surface area contributed by atoms with E-state index in [1.807, 2.05) is 0 Å². The van der Waals surface area contributed by atoms with Crippen LogP contribution in [0, 0.1) is 5.82 Å². The number of aromatic nitrogens is 2. The van der Waals surface area contributed by atoms with E-state index < -0.39 is 35.4 Å². The minimum absolute atomic E-state index is 0.165. The second-order valence-corrected chi connectivity index (χ2v) is 6.28. The molecule has 30 heavy (non-hydrogen) atoms. The molecule has 1 heterocycles. The molecule has 0 unspecified atom stereocenters. The van der Waals surface area contributed by atoms with Crippen molar-refractivity contribution < 1.29 is 27.1 Å². The highest BCUT2D eigenvalue weighted by Crippen LogP contribution is 2.27. The van der Waals surface area contributed by atoms with E-state index in [-0.39, 0.29) is 17.1 Å². The number of nitrogens with zero attached hydrogens (tertiary/aromatic N) is 1. The van der Waals surface area contributed by atoms with E-state index in [0.717, 1.165) is 18.2 Å². The van der Waals surface area contributed by atoms with E-state index in [2.05, 4.69) is 20.0 Å². The first-order valence-corrected chi connectivity index (χ1v) is 8.65. The van der Waals surface area contributed by atoms with E-state index in [1.165, 1.54) is 13.0 Å². The monoisotopic (exact) mass is 421 g/mol. The van der Waals surface area contributed by atoms with Crippen molar-refractivity contribution in [3.8, 4) is 17.1 Å². The fraction of sp³-hybridized carbons (Fsp3) is 0.150. The van der Waals surface area contributed by atoms with Crippen LogP contribution in [-0.2, 0) is 0 Å². The fourth-order valence-corrected chi connectivity index (χ4v) is 2.65. The summed E-state index contributed by atoms with van der Waals surface area (Å²) in [5.41, 5.74) is 0.0893. The largest absolute Gasteiger partial charge is 0.573 e. The van der Waals surface area contributed by atoms with Gasteiger partial charge in [0.25, 0.3) is 11.5 Å². The van der Waals surface area contributed by atoms with Gasteiger partial charge >= 0.3 is 6.36 Å². The van der Waals surface area contributed by atoms with Gasteiger partial charge in [-0.15, -0.1) is 13.2 Å². The van der Waals surface area contributed by atoms with Gasteiger partial charge in [-0.1, -0.05) is 36.4 Å². The van der Waals surface area contributed by atoms with E-state index in [0.29, 0.717) is 5.56 Å². The lowest BCUT2D eigenvalue weighted by molar-refractivity contribution is -0.275. The number of halogens is 4. The van der Waals surface area contributed by atoms with Crippen LogP contribution < -0.4 is 15.6 Å². The van der Waals surface area contributed by atoms with Gasteiger partial charge in [0.1, 0.15) is 11.5 Å². The lowest BCUT2D eigenvalue weighted by Gasteiger charge is -2.16. The summed E-state index contributed by atoms with van der Waals surface area (Å²) >= 11 is 0. The molecule has 0 fully saturated rings. The van der Waals surface area contributed by atoms with Crippen molar-refractivity contribution in [3.63, 3.8) is 0 Å². The van der Waals surface area contributed by atoms with Crippen molar-refractivity contribution in [1.82, 2.24) is 15.3 Å². The lowest BCUT2D eigenvalue weighted by Crippen LogP contribution is -2.29. The number of hydrogen-bond donors (Lipinski definition) is 2. The molecule has 156 valence electrons.